The minimum absolute atomic E-state index is 1.07. The van der Waals surface area contributed by atoms with E-state index >= 15 is 0 Å². The molecule has 30 heavy (non-hydrogen) atoms. The van der Waals surface area contributed by atoms with Crippen LogP contribution in [0.3, 0.4) is 0 Å². The van der Waals surface area contributed by atoms with Gasteiger partial charge in [0, 0.05) is 0 Å². The van der Waals surface area contributed by atoms with E-state index in [9.17, 15) is 0 Å². The maximum atomic E-state index is 2.44. The molecular weight excluding hydrogens is 376 g/mol. The fourth-order valence-corrected chi connectivity index (χ4v) is 10.2. The molecule has 0 spiro atoms. The van der Waals surface area contributed by atoms with Gasteiger partial charge in [0.15, 0.2) is 8.07 Å². The molecule has 0 radical (unpaired) electrons. The van der Waals surface area contributed by atoms with Crippen LogP contribution in [0.25, 0.3) is 0 Å². The first-order valence-electron chi connectivity index (χ1n) is 11.4. The fraction of sp³-hybridized carbons (Fsp3) is 0.241. The molecule has 0 saturated heterocycles. The molecule has 152 valence electrons. The number of rotatable bonds is 8. The highest BCUT2D eigenvalue weighted by molar-refractivity contribution is 7.16. The van der Waals surface area contributed by atoms with Gasteiger partial charge in [0.05, 0.1) is 0 Å². The second kappa shape index (κ2) is 9.45. The third kappa shape index (κ3) is 3.75. The van der Waals surface area contributed by atoms with Gasteiger partial charge in [-0.05, 0) is 46.8 Å². The van der Waals surface area contributed by atoms with Crippen LogP contribution in [0, 0.1) is 0 Å². The zero-order valence-corrected chi connectivity index (χ0v) is 19.3. The quantitative estimate of drug-likeness (QED) is 0.331. The lowest BCUT2D eigenvalue weighted by molar-refractivity contribution is 0.795. The lowest BCUT2D eigenvalue weighted by Gasteiger charge is -2.36. The van der Waals surface area contributed by atoms with Crippen molar-refractivity contribution in [3.8, 4) is 0 Å². The average molecular weight is 409 g/mol. The lowest BCUT2D eigenvalue weighted by Crippen LogP contribution is -2.68. The predicted octanol–water partition coefficient (Wildman–Crippen LogP) is 5.71. The minimum Gasteiger partial charge on any atom is -0.0805 e. The van der Waals surface area contributed by atoms with Crippen molar-refractivity contribution in [3.05, 3.63) is 113 Å². The molecule has 0 amide bonds. The highest BCUT2D eigenvalue weighted by atomic mass is 28.3. The van der Waals surface area contributed by atoms with E-state index in [-0.39, 0.29) is 0 Å². The summed E-state index contributed by atoms with van der Waals surface area (Å²) < 4.78 is 0. The van der Waals surface area contributed by atoms with Crippen LogP contribution in [0.15, 0.2) is 108 Å². The van der Waals surface area contributed by atoms with Gasteiger partial charge in [-0.2, -0.15) is 0 Å². The first-order chi connectivity index (χ1) is 14.8. The van der Waals surface area contributed by atoms with Gasteiger partial charge in [0.25, 0.3) is 0 Å². The Morgan fingerprint density at radius 1 is 0.700 bits per heavy atom. The zero-order valence-electron chi connectivity index (χ0n) is 18.3. The van der Waals surface area contributed by atoms with Crippen LogP contribution in [0.1, 0.15) is 45.1 Å². The van der Waals surface area contributed by atoms with E-state index in [1.54, 1.807) is 5.20 Å². The molecule has 0 N–H and O–H groups in total. The Bertz CT molecular complexity index is 971. The van der Waals surface area contributed by atoms with Crippen molar-refractivity contribution in [1.82, 2.24) is 0 Å². The predicted molar refractivity (Wildman–Crippen MR) is 134 cm³/mol. The van der Waals surface area contributed by atoms with Crippen molar-refractivity contribution in [3.63, 3.8) is 0 Å². The second-order valence-electron chi connectivity index (χ2n) is 8.25. The summed E-state index contributed by atoms with van der Waals surface area (Å²) in [5.74, 6) is 0. The van der Waals surface area contributed by atoms with Crippen LogP contribution in [-0.4, -0.2) is 8.07 Å². The first kappa shape index (κ1) is 20.6. The molecule has 0 fully saturated rings. The maximum Gasteiger partial charge on any atom is 0.176 e. The smallest absolute Gasteiger partial charge is 0.0805 e. The van der Waals surface area contributed by atoms with E-state index in [4.69, 9.17) is 0 Å². The van der Waals surface area contributed by atoms with Crippen molar-refractivity contribution in [2.24, 2.45) is 0 Å². The number of unbranched alkanes of at least 4 members (excludes halogenated alkanes) is 1. The van der Waals surface area contributed by atoms with Gasteiger partial charge in [-0.1, -0.05) is 128 Å². The van der Waals surface area contributed by atoms with E-state index in [1.165, 1.54) is 46.0 Å². The summed E-state index contributed by atoms with van der Waals surface area (Å²) in [5.41, 5.74) is 2.99. The maximum absolute atomic E-state index is 2.44. The Labute approximate surface area is 183 Å². The summed E-state index contributed by atoms with van der Waals surface area (Å²) in [6.45, 7) is 4.57. The summed E-state index contributed by atoms with van der Waals surface area (Å²) in [5, 5.41) is 6.14. The summed E-state index contributed by atoms with van der Waals surface area (Å²) in [6.07, 6.45) is 10.6. The molecule has 3 aromatic rings. The summed E-state index contributed by atoms with van der Waals surface area (Å²) in [4.78, 5) is 0. The summed E-state index contributed by atoms with van der Waals surface area (Å²) >= 11 is 0. The fourth-order valence-electron chi connectivity index (χ4n) is 4.98. The summed E-state index contributed by atoms with van der Waals surface area (Å²) in [7, 11) is -2.31. The Balaban J connectivity index is 1.99. The second-order valence-corrected chi connectivity index (χ2v) is 12.1. The molecule has 0 saturated carbocycles. The Morgan fingerprint density at radius 2 is 1.27 bits per heavy atom. The number of hydrogen-bond donors (Lipinski definition) is 0. The first-order valence-corrected chi connectivity index (χ1v) is 13.4. The average Bonchev–Trinajstić information content (AvgIpc) is 3.30. The van der Waals surface area contributed by atoms with Crippen molar-refractivity contribution >= 4 is 23.6 Å². The summed E-state index contributed by atoms with van der Waals surface area (Å²) in [6, 6.07) is 32.2. The lowest BCUT2D eigenvalue weighted by atomic mass is 10.1. The van der Waals surface area contributed by atoms with Gasteiger partial charge in [-0.15, -0.1) is 0 Å². The van der Waals surface area contributed by atoms with Gasteiger partial charge in [-0.25, -0.2) is 0 Å². The highest BCUT2D eigenvalue weighted by Gasteiger charge is 2.44. The molecule has 0 bridgehead atoms. The molecule has 3 aromatic carbocycles. The van der Waals surface area contributed by atoms with Gasteiger partial charge in [-0.3, -0.25) is 0 Å². The van der Waals surface area contributed by atoms with Crippen LogP contribution in [0.2, 0.25) is 0 Å². The van der Waals surface area contributed by atoms with Crippen LogP contribution >= 0.6 is 0 Å². The van der Waals surface area contributed by atoms with Crippen molar-refractivity contribution < 1.29 is 0 Å². The molecule has 1 aliphatic rings. The molecule has 0 nitrogen and oxygen atoms in total. The van der Waals surface area contributed by atoms with Crippen molar-refractivity contribution in [2.75, 3.05) is 0 Å². The topological polar surface area (TPSA) is 0 Å². The van der Waals surface area contributed by atoms with Crippen LogP contribution in [0.4, 0.5) is 0 Å². The van der Waals surface area contributed by atoms with Gasteiger partial charge in [0.1, 0.15) is 0 Å². The molecule has 1 aliphatic carbocycles. The largest absolute Gasteiger partial charge is 0.176 e. The van der Waals surface area contributed by atoms with Crippen LogP contribution in [-0.2, 0) is 6.42 Å². The monoisotopic (exact) mass is 408 g/mol. The number of allylic oxidation sites excluding steroid dienone is 4. The Morgan fingerprint density at radius 3 is 1.80 bits per heavy atom. The van der Waals surface area contributed by atoms with Crippen LogP contribution < -0.4 is 15.6 Å². The molecule has 0 aliphatic heterocycles. The number of benzene rings is 3. The van der Waals surface area contributed by atoms with E-state index in [1.807, 2.05) is 0 Å². The highest BCUT2D eigenvalue weighted by Crippen LogP contribution is 2.30. The van der Waals surface area contributed by atoms with Gasteiger partial charge >= 0.3 is 0 Å². The Kier molecular flexibility index (Phi) is 6.49. The Hall–Kier alpha value is -2.64. The molecule has 0 atom stereocenters. The standard InChI is InChI=1S/C29H32Si/c1-3-5-13-24-20-22-28(23-21-24)30(26-15-8-6-9-16-26,27-17-10-7-11-18-27)29-19-12-14-25(29)4-2/h6-12,14-18,20-23H,3-5,13,19H2,1-2H3. The molecule has 0 unspecified atom stereocenters. The minimum atomic E-state index is -2.31. The third-order valence-corrected chi connectivity index (χ3v) is 11.5. The van der Waals surface area contributed by atoms with E-state index in [0.29, 0.717) is 0 Å². The van der Waals surface area contributed by atoms with Gasteiger partial charge in [0.2, 0.25) is 0 Å². The molecule has 1 heteroatoms. The van der Waals surface area contributed by atoms with Crippen LogP contribution in [0.5, 0.6) is 0 Å². The number of aryl methyl sites for hydroxylation is 1. The third-order valence-electron chi connectivity index (χ3n) is 6.48. The van der Waals surface area contributed by atoms with Crippen molar-refractivity contribution in [2.45, 2.75) is 46.0 Å². The van der Waals surface area contributed by atoms with E-state index < -0.39 is 8.07 Å². The van der Waals surface area contributed by atoms with Gasteiger partial charge < -0.3 is 0 Å². The molecule has 0 heterocycles. The van der Waals surface area contributed by atoms with E-state index in [2.05, 4.69) is 111 Å². The number of hydrogen-bond acceptors (Lipinski definition) is 0. The SMILES string of the molecule is CCCCc1ccc([Si](C2=C(CC)C=CC2)(c2ccccc2)c2ccccc2)cc1. The zero-order chi connectivity index (χ0) is 20.8. The normalized spacial score (nSPS) is 13.8. The molecule has 0 aromatic heterocycles. The molecular formula is C29H32Si. The van der Waals surface area contributed by atoms with Crippen molar-refractivity contribution in [1.29, 1.82) is 0 Å². The molecule has 4 rings (SSSR count). The van der Waals surface area contributed by atoms with E-state index in [0.717, 1.165) is 12.8 Å².